The Kier molecular flexibility index (Phi) is 8.38. The van der Waals surface area contributed by atoms with Crippen LogP contribution in [0.25, 0.3) is 0 Å². The molecule has 90 valence electrons. The maximum atomic E-state index is 11.7. The average Bonchev–Trinajstić information content (AvgIpc) is 2.22. The minimum Gasteiger partial charge on any atom is -0.344 e. The van der Waals surface area contributed by atoms with Gasteiger partial charge in [0.1, 0.15) is 0 Å². The fourth-order valence-corrected chi connectivity index (χ4v) is 1.51. The van der Waals surface area contributed by atoms with Gasteiger partial charge in [-0.15, -0.1) is 0 Å². The van der Waals surface area contributed by atoms with E-state index in [0.29, 0.717) is 12.3 Å². The highest BCUT2D eigenvalue weighted by Gasteiger charge is 2.12. The molecule has 0 aromatic heterocycles. The lowest BCUT2D eigenvalue weighted by Gasteiger charge is -2.19. The lowest BCUT2D eigenvalue weighted by molar-refractivity contribution is -0.130. The first-order valence-electron chi connectivity index (χ1n) is 6.00. The zero-order valence-corrected chi connectivity index (χ0v) is 10.7. The summed E-state index contributed by atoms with van der Waals surface area (Å²) in [6.45, 7) is 6.02. The van der Waals surface area contributed by atoms with Gasteiger partial charge in [-0.25, -0.2) is 0 Å². The van der Waals surface area contributed by atoms with Gasteiger partial charge in [-0.2, -0.15) is 0 Å². The molecule has 0 heterocycles. The molecular formula is C12H26N2O. The van der Waals surface area contributed by atoms with E-state index in [0.717, 1.165) is 13.1 Å². The first-order valence-corrected chi connectivity index (χ1v) is 6.00. The highest BCUT2D eigenvalue weighted by atomic mass is 16.2. The van der Waals surface area contributed by atoms with E-state index in [4.69, 9.17) is 0 Å². The molecule has 0 aliphatic heterocycles. The highest BCUT2D eigenvalue weighted by Crippen LogP contribution is 2.12. The predicted molar refractivity (Wildman–Crippen MR) is 64.9 cm³/mol. The first kappa shape index (κ1) is 14.4. The molecule has 1 unspecified atom stereocenters. The molecule has 0 aliphatic rings. The maximum absolute atomic E-state index is 11.7. The number of hydrogen-bond donors (Lipinski definition) is 1. The van der Waals surface area contributed by atoms with Crippen molar-refractivity contribution in [2.24, 2.45) is 5.92 Å². The second-order valence-electron chi connectivity index (χ2n) is 4.37. The molecule has 1 atom stereocenters. The van der Waals surface area contributed by atoms with Crippen LogP contribution < -0.4 is 5.32 Å². The second kappa shape index (κ2) is 8.72. The van der Waals surface area contributed by atoms with Crippen LogP contribution in [0.2, 0.25) is 0 Å². The third kappa shape index (κ3) is 7.37. The topological polar surface area (TPSA) is 32.3 Å². The molecule has 0 saturated carbocycles. The number of amides is 1. The Morgan fingerprint density at radius 3 is 2.67 bits per heavy atom. The Morgan fingerprint density at radius 1 is 1.47 bits per heavy atom. The molecule has 0 aromatic carbocycles. The smallest absolute Gasteiger partial charge is 0.222 e. The first-order chi connectivity index (χ1) is 7.11. The van der Waals surface area contributed by atoms with Crippen LogP contribution in [0.5, 0.6) is 0 Å². The molecule has 1 amide bonds. The lowest BCUT2D eigenvalue weighted by atomic mass is 10.0. The molecule has 0 aromatic rings. The Bertz CT molecular complexity index is 171. The van der Waals surface area contributed by atoms with Crippen molar-refractivity contribution in [2.75, 3.05) is 27.2 Å². The molecule has 0 radical (unpaired) electrons. The zero-order valence-electron chi connectivity index (χ0n) is 10.7. The standard InChI is InChI=1S/C12H26N2O/c1-5-6-7-11(2)10-12(15)14(4)9-8-13-3/h11,13H,5-10H2,1-4H3. The summed E-state index contributed by atoms with van der Waals surface area (Å²) >= 11 is 0. The van der Waals surface area contributed by atoms with Crippen molar-refractivity contribution >= 4 is 5.91 Å². The van der Waals surface area contributed by atoms with E-state index in [9.17, 15) is 4.79 Å². The third-order valence-electron chi connectivity index (χ3n) is 2.70. The van der Waals surface area contributed by atoms with Gasteiger partial charge in [0.05, 0.1) is 0 Å². The van der Waals surface area contributed by atoms with Crippen LogP contribution in [0.4, 0.5) is 0 Å². The molecule has 0 spiro atoms. The minimum atomic E-state index is 0.272. The molecule has 15 heavy (non-hydrogen) atoms. The number of nitrogens with one attached hydrogen (secondary N) is 1. The normalized spacial score (nSPS) is 12.5. The fourth-order valence-electron chi connectivity index (χ4n) is 1.51. The molecular weight excluding hydrogens is 188 g/mol. The molecule has 0 bridgehead atoms. The number of hydrogen-bond acceptors (Lipinski definition) is 2. The van der Waals surface area contributed by atoms with E-state index in [1.54, 1.807) is 0 Å². The number of carbonyl (C=O) groups excluding carboxylic acids is 1. The van der Waals surface area contributed by atoms with Crippen LogP contribution in [0, 0.1) is 5.92 Å². The van der Waals surface area contributed by atoms with Crippen molar-refractivity contribution < 1.29 is 4.79 Å². The molecule has 0 aliphatic carbocycles. The van der Waals surface area contributed by atoms with Crippen LogP contribution in [0.15, 0.2) is 0 Å². The summed E-state index contributed by atoms with van der Waals surface area (Å²) < 4.78 is 0. The van der Waals surface area contributed by atoms with E-state index in [1.165, 1.54) is 19.3 Å². The Balaban J connectivity index is 3.70. The minimum absolute atomic E-state index is 0.272. The number of rotatable bonds is 8. The van der Waals surface area contributed by atoms with Gasteiger partial charge in [0.25, 0.3) is 0 Å². The molecule has 1 N–H and O–H groups in total. The number of carbonyl (C=O) groups is 1. The summed E-state index contributed by atoms with van der Waals surface area (Å²) in [7, 11) is 3.79. The van der Waals surface area contributed by atoms with Crippen molar-refractivity contribution in [1.82, 2.24) is 10.2 Å². The van der Waals surface area contributed by atoms with Crippen LogP contribution in [-0.4, -0.2) is 38.0 Å². The van der Waals surface area contributed by atoms with Gasteiger partial charge in [-0.05, 0) is 13.0 Å². The maximum Gasteiger partial charge on any atom is 0.222 e. The fraction of sp³-hybridized carbons (Fsp3) is 0.917. The quantitative estimate of drug-likeness (QED) is 0.669. The summed E-state index contributed by atoms with van der Waals surface area (Å²) in [6.07, 6.45) is 4.31. The van der Waals surface area contributed by atoms with Gasteiger partial charge >= 0.3 is 0 Å². The molecule has 3 heteroatoms. The Hall–Kier alpha value is -0.570. The molecule has 0 saturated heterocycles. The van der Waals surface area contributed by atoms with E-state index >= 15 is 0 Å². The summed E-state index contributed by atoms with van der Waals surface area (Å²) in [5, 5.41) is 3.05. The van der Waals surface area contributed by atoms with Crippen molar-refractivity contribution in [1.29, 1.82) is 0 Å². The summed E-state index contributed by atoms with van der Waals surface area (Å²) in [4.78, 5) is 13.5. The number of nitrogens with zero attached hydrogens (tertiary/aromatic N) is 1. The number of unbranched alkanes of at least 4 members (excludes halogenated alkanes) is 1. The molecule has 0 fully saturated rings. The van der Waals surface area contributed by atoms with Crippen molar-refractivity contribution in [3.8, 4) is 0 Å². The summed E-state index contributed by atoms with van der Waals surface area (Å²) in [6, 6.07) is 0. The lowest BCUT2D eigenvalue weighted by Crippen LogP contribution is -2.33. The summed E-state index contributed by atoms with van der Waals surface area (Å²) in [5.41, 5.74) is 0. The summed E-state index contributed by atoms with van der Waals surface area (Å²) in [5.74, 6) is 0.795. The van der Waals surface area contributed by atoms with E-state index < -0.39 is 0 Å². The van der Waals surface area contributed by atoms with E-state index in [-0.39, 0.29) is 5.91 Å². The van der Waals surface area contributed by atoms with Gasteiger partial charge in [-0.3, -0.25) is 4.79 Å². The second-order valence-corrected chi connectivity index (χ2v) is 4.37. The van der Waals surface area contributed by atoms with Gasteiger partial charge < -0.3 is 10.2 Å². The van der Waals surface area contributed by atoms with Crippen LogP contribution in [-0.2, 0) is 4.79 Å². The van der Waals surface area contributed by atoms with E-state index in [2.05, 4.69) is 19.2 Å². The zero-order chi connectivity index (χ0) is 11.7. The monoisotopic (exact) mass is 214 g/mol. The number of likely N-dealkylation sites (N-methyl/N-ethyl adjacent to an activating group) is 2. The molecule has 3 nitrogen and oxygen atoms in total. The van der Waals surface area contributed by atoms with Crippen molar-refractivity contribution in [2.45, 2.75) is 39.5 Å². The van der Waals surface area contributed by atoms with Crippen LogP contribution in [0.1, 0.15) is 39.5 Å². The van der Waals surface area contributed by atoms with Gasteiger partial charge in [0, 0.05) is 26.6 Å². The van der Waals surface area contributed by atoms with Crippen LogP contribution >= 0.6 is 0 Å². The Labute approximate surface area is 94.2 Å². The molecule has 0 rings (SSSR count). The van der Waals surface area contributed by atoms with Gasteiger partial charge in [0.15, 0.2) is 0 Å². The third-order valence-corrected chi connectivity index (χ3v) is 2.70. The Morgan fingerprint density at radius 2 is 2.13 bits per heavy atom. The van der Waals surface area contributed by atoms with Gasteiger partial charge in [0.2, 0.25) is 5.91 Å². The average molecular weight is 214 g/mol. The van der Waals surface area contributed by atoms with Crippen LogP contribution in [0.3, 0.4) is 0 Å². The largest absolute Gasteiger partial charge is 0.344 e. The highest BCUT2D eigenvalue weighted by molar-refractivity contribution is 5.76. The predicted octanol–water partition coefficient (Wildman–Crippen LogP) is 1.88. The van der Waals surface area contributed by atoms with Crippen molar-refractivity contribution in [3.63, 3.8) is 0 Å². The van der Waals surface area contributed by atoms with Gasteiger partial charge in [-0.1, -0.05) is 33.1 Å². The SMILES string of the molecule is CCCCC(C)CC(=O)N(C)CCNC. The van der Waals surface area contributed by atoms with E-state index in [1.807, 2.05) is 19.0 Å². The van der Waals surface area contributed by atoms with Crippen molar-refractivity contribution in [3.05, 3.63) is 0 Å².